The molecule has 0 aliphatic carbocycles. The molecule has 30 heavy (non-hydrogen) atoms. The molecule has 0 radical (unpaired) electrons. The van der Waals surface area contributed by atoms with Gasteiger partial charge in [0.15, 0.2) is 0 Å². The van der Waals surface area contributed by atoms with Crippen LogP contribution in [0.3, 0.4) is 0 Å². The molecule has 0 amide bonds. The molecule has 6 heteroatoms. The summed E-state index contributed by atoms with van der Waals surface area (Å²) in [6.07, 6.45) is 0. The molecular formula is C24H24N2O4. The van der Waals surface area contributed by atoms with Gasteiger partial charge in [-0.15, -0.1) is 0 Å². The number of nitrogens with zero attached hydrogens (tertiary/aromatic N) is 2. The zero-order valence-corrected chi connectivity index (χ0v) is 17.5. The van der Waals surface area contributed by atoms with E-state index in [0.29, 0.717) is 23.3 Å². The van der Waals surface area contributed by atoms with Gasteiger partial charge in [-0.3, -0.25) is 0 Å². The first-order valence-corrected chi connectivity index (χ1v) is 9.32. The van der Waals surface area contributed by atoms with E-state index in [1.165, 1.54) is 0 Å². The average Bonchev–Trinajstić information content (AvgIpc) is 2.81. The molecule has 0 heterocycles. The molecule has 0 spiro atoms. The van der Waals surface area contributed by atoms with Crippen molar-refractivity contribution in [2.45, 2.75) is 0 Å². The Hall–Kier alpha value is -3.80. The Morgan fingerprint density at radius 3 is 1.23 bits per heavy atom. The Bertz CT molecular complexity index is 959. The van der Waals surface area contributed by atoms with Crippen molar-refractivity contribution in [3.63, 3.8) is 0 Å². The Balaban J connectivity index is 1.90. The Morgan fingerprint density at radius 2 is 0.900 bits per heavy atom. The van der Waals surface area contributed by atoms with E-state index < -0.39 is 0 Å². The minimum Gasteiger partial charge on any atom is -0.496 e. The summed E-state index contributed by atoms with van der Waals surface area (Å²) in [4.78, 5) is 9.19. The molecule has 154 valence electrons. The molecule has 0 aliphatic rings. The van der Waals surface area contributed by atoms with Gasteiger partial charge in [0.2, 0.25) is 11.8 Å². The molecule has 3 aromatic carbocycles. The first-order valence-electron chi connectivity index (χ1n) is 9.32. The summed E-state index contributed by atoms with van der Waals surface area (Å²) < 4.78 is 21.8. The van der Waals surface area contributed by atoms with Gasteiger partial charge in [-0.25, -0.2) is 9.98 Å². The lowest BCUT2D eigenvalue weighted by atomic mass is 10.2. The lowest BCUT2D eigenvalue weighted by Crippen LogP contribution is -2.05. The van der Waals surface area contributed by atoms with E-state index in [4.69, 9.17) is 18.9 Å². The lowest BCUT2D eigenvalue weighted by molar-refractivity contribution is 0.390. The quantitative estimate of drug-likeness (QED) is 0.421. The van der Waals surface area contributed by atoms with E-state index in [9.17, 15) is 0 Å². The van der Waals surface area contributed by atoms with Gasteiger partial charge in [0, 0.05) is 0 Å². The number of aliphatic imine (C=N–C) groups is 2. The molecule has 3 rings (SSSR count). The predicted molar refractivity (Wildman–Crippen MR) is 119 cm³/mol. The smallest absolute Gasteiger partial charge is 0.224 e. The van der Waals surface area contributed by atoms with Gasteiger partial charge in [0.1, 0.15) is 11.5 Å². The van der Waals surface area contributed by atoms with E-state index in [1.807, 2.05) is 72.8 Å². The largest absolute Gasteiger partial charge is 0.496 e. The van der Waals surface area contributed by atoms with Gasteiger partial charge in [-0.1, -0.05) is 24.3 Å². The normalized spacial score (nSPS) is 11.7. The van der Waals surface area contributed by atoms with Crippen molar-refractivity contribution in [3.8, 4) is 11.5 Å². The van der Waals surface area contributed by atoms with E-state index in [1.54, 1.807) is 28.4 Å². The van der Waals surface area contributed by atoms with Crippen LogP contribution in [0.2, 0.25) is 0 Å². The van der Waals surface area contributed by atoms with Gasteiger partial charge in [0.05, 0.1) is 50.9 Å². The molecule has 0 aromatic heterocycles. The number of hydrogen-bond donors (Lipinski definition) is 0. The Labute approximate surface area is 176 Å². The molecule has 0 atom stereocenters. The maximum atomic E-state index is 5.49. The molecule has 0 fully saturated rings. The molecule has 0 saturated heterocycles. The van der Waals surface area contributed by atoms with Gasteiger partial charge in [-0.2, -0.15) is 0 Å². The van der Waals surface area contributed by atoms with Gasteiger partial charge < -0.3 is 18.9 Å². The Morgan fingerprint density at radius 1 is 0.533 bits per heavy atom. The summed E-state index contributed by atoms with van der Waals surface area (Å²) in [7, 11) is 6.41. The third kappa shape index (κ3) is 4.78. The van der Waals surface area contributed by atoms with Crippen LogP contribution < -0.4 is 9.47 Å². The molecule has 3 aromatic rings. The molecule has 0 N–H and O–H groups in total. The van der Waals surface area contributed by atoms with Crippen LogP contribution >= 0.6 is 0 Å². The number of para-hydroxylation sites is 2. The molecule has 0 unspecified atom stereocenters. The maximum Gasteiger partial charge on any atom is 0.224 e. The highest BCUT2D eigenvalue weighted by molar-refractivity contribution is 5.99. The second-order valence-electron chi connectivity index (χ2n) is 6.16. The fourth-order valence-corrected chi connectivity index (χ4v) is 2.91. The SMILES string of the molecule is CO/C(=N\c1ccc(/N=C(\OC)c2ccccc2OC)cc1)c1ccccc1OC. The summed E-state index contributed by atoms with van der Waals surface area (Å²) in [6.45, 7) is 0. The highest BCUT2D eigenvalue weighted by Crippen LogP contribution is 2.25. The predicted octanol–water partition coefficient (Wildman–Crippen LogP) is 5.15. The molecule has 0 aliphatic heterocycles. The maximum absolute atomic E-state index is 5.49. The van der Waals surface area contributed by atoms with E-state index in [2.05, 4.69) is 9.98 Å². The monoisotopic (exact) mass is 404 g/mol. The summed E-state index contributed by atoms with van der Waals surface area (Å²) >= 11 is 0. The molecule has 0 saturated carbocycles. The minimum absolute atomic E-state index is 0.468. The van der Waals surface area contributed by atoms with Crippen molar-refractivity contribution in [2.75, 3.05) is 28.4 Å². The summed E-state index contributed by atoms with van der Waals surface area (Å²) in [6, 6.07) is 22.6. The summed E-state index contributed by atoms with van der Waals surface area (Å²) in [5, 5.41) is 0. The zero-order chi connectivity index (χ0) is 21.3. The average molecular weight is 404 g/mol. The number of ether oxygens (including phenoxy) is 4. The van der Waals surface area contributed by atoms with Crippen LogP contribution in [-0.4, -0.2) is 40.2 Å². The molecule has 0 bridgehead atoms. The minimum atomic E-state index is 0.468. The van der Waals surface area contributed by atoms with Crippen molar-refractivity contribution in [1.29, 1.82) is 0 Å². The number of methoxy groups -OCH3 is 4. The van der Waals surface area contributed by atoms with Crippen LogP contribution in [0.5, 0.6) is 11.5 Å². The van der Waals surface area contributed by atoms with Crippen molar-refractivity contribution < 1.29 is 18.9 Å². The fraction of sp³-hybridized carbons (Fsp3) is 0.167. The van der Waals surface area contributed by atoms with E-state index >= 15 is 0 Å². The van der Waals surface area contributed by atoms with Crippen LogP contribution in [0.25, 0.3) is 0 Å². The van der Waals surface area contributed by atoms with Crippen molar-refractivity contribution in [3.05, 3.63) is 83.9 Å². The van der Waals surface area contributed by atoms with Crippen molar-refractivity contribution in [2.24, 2.45) is 9.98 Å². The van der Waals surface area contributed by atoms with Crippen LogP contribution in [0.1, 0.15) is 11.1 Å². The van der Waals surface area contributed by atoms with E-state index in [-0.39, 0.29) is 0 Å². The van der Waals surface area contributed by atoms with E-state index in [0.717, 1.165) is 22.5 Å². The second kappa shape index (κ2) is 10.1. The topological polar surface area (TPSA) is 61.6 Å². The highest BCUT2D eigenvalue weighted by atomic mass is 16.5. The van der Waals surface area contributed by atoms with Crippen molar-refractivity contribution in [1.82, 2.24) is 0 Å². The van der Waals surface area contributed by atoms with Crippen LogP contribution in [0.4, 0.5) is 11.4 Å². The third-order valence-corrected chi connectivity index (χ3v) is 4.37. The molecular weight excluding hydrogens is 380 g/mol. The van der Waals surface area contributed by atoms with Crippen molar-refractivity contribution >= 4 is 23.2 Å². The van der Waals surface area contributed by atoms with Gasteiger partial charge >= 0.3 is 0 Å². The standard InChI is InChI=1S/C24H24N2O4/c1-27-21-11-7-5-9-19(21)23(29-3)25-17-13-15-18(16-14-17)26-24(30-4)20-10-6-8-12-22(20)28-2/h5-16H,1-4H3/b25-23-,26-24-. The van der Waals surface area contributed by atoms with Gasteiger partial charge in [-0.05, 0) is 48.5 Å². The summed E-state index contributed by atoms with van der Waals surface area (Å²) in [5.74, 6) is 2.33. The zero-order valence-electron chi connectivity index (χ0n) is 17.5. The van der Waals surface area contributed by atoms with Crippen LogP contribution in [0.15, 0.2) is 82.8 Å². The Kier molecular flexibility index (Phi) is 7.05. The third-order valence-electron chi connectivity index (χ3n) is 4.37. The number of rotatable bonds is 6. The van der Waals surface area contributed by atoms with Crippen LogP contribution in [-0.2, 0) is 9.47 Å². The number of benzene rings is 3. The van der Waals surface area contributed by atoms with Crippen LogP contribution in [0, 0.1) is 0 Å². The first-order chi connectivity index (χ1) is 14.7. The second-order valence-corrected chi connectivity index (χ2v) is 6.16. The first kappa shape index (κ1) is 20.9. The fourth-order valence-electron chi connectivity index (χ4n) is 2.91. The highest BCUT2D eigenvalue weighted by Gasteiger charge is 2.11. The summed E-state index contributed by atoms with van der Waals surface area (Å²) in [5.41, 5.74) is 3.02. The molecule has 6 nitrogen and oxygen atoms in total. The lowest BCUT2D eigenvalue weighted by Gasteiger charge is -2.10. The van der Waals surface area contributed by atoms with Gasteiger partial charge in [0.25, 0.3) is 0 Å². The number of hydrogen-bond acceptors (Lipinski definition) is 6.